The smallest absolute Gasteiger partial charge is 0.227 e. The molecule has 0 bridgehead atoms. The quantitative estimate of drug-likeness (QED) is 0.947. The second-order valence-corrected chi connectivity index (χ2v) is 6.13. The lowest BCUT2D eigenvalue weighted by molar-refractivity contribution is -0.120. The van der Waals surface area contributed by atoms with Crippen molar-refractivity contribution in [3.63, 3.8) is 0 Å². The third-order valence-electron chi connectivity index (χ3n) is 4.38. The highest BCUT2D eigenvalue weighted by Crippen LogP contribution is 2.23. The first-order valence-electron chi connectivity index (χ1n) is 8.02. The summed E-state index contributed by atoms with van der Waals surface area (Å²) in [5.74, 6) is 1.07. The molecule has 0 spiro atoms. The molecule has 0 saturated carbocycles. The van der Waals surface area contributed by atoms with Crippen molar-refractivity contribution in [2.75, 3.05) is 23.3 Å². The first-order valence-corrected chi connectivity index (χ1v) is 8.02. The summed E-state index contributed by atoms with van der Waals surface area (Å²) >= 11 is 0. The van der Waals surface area contributed by atoms with E-state index in [2.05, 4.69) is 33.2 Å². The summed E-state index contributed by atoms with van der Waals surface area (Å²) in [6.07, 6.45) is 6.83. The molecule has 0 unspecified atom stereocenters. The molecule has 5 heteroatoms. The first kappa shape index (κ1) is 15.5. The summed E-state index contributed by atoms with van der Waals surface area (Å²) in [6, 6.07) is 6.10. The predicted molar refractivity (Wildman–Crippen MR) is 91.5 cm³/mol. The number of hydrogen-bond donors (Lipinski definition) is 1. The van der Waals surface area contributed by atoms with E-state index in [0.29, 0.717) is 0 Å². The Bertz CT molecular complexity index is 679. The van der Waals surface area contributed by atoms with E-state index in [1.807, 2.05) is 19.1 Å². The van der Waals surface area contributed by atoms with Gasteiger partial charge in [0.25, 0.3) is 0 Å². The molecular weight excluding hydrogens is 288 g/mol. The summed E-state index contributed by atoms with van der Waals surface area (Å²) in [6.45, 7) is 5.76. The van der Waals surface area contributed by atoms with E-state index in [-0.39, 0.29) is 11.8 Å². The number of carbonyl (C=O) groups is 1. The standard InChI is InChI=1S/C18H22N4O/c1-13-3-4-16(14(2)11-13)21-18(23)15-5-9-22(10-6-15)17-12-19-7-8-20-17/h3-4,7-8,11-12,15H,5-6,9-10H2,1-2H3,(H,21,23). The number of benzene rings is 1. The molecule has 1 N–H and O–H groups in total. The lowest BCUT2D eigenvalue weighted by atomic mass is 9.95. The molecule has 3 rings (SSSR count). The van der Waals surface area contributed by atoms with Crippen LogP contribution in [0.5, 0.6) is 0 Å². The van der Waals surface area contributed by atoms with Crippen LogP contribution in [0.2, 0.25) is 0 Å². The van der Waals surface area contributed by atoms with Crippen LogP contribution in [0.25, 0.3) is 0 Å². The summed E-state index contributed by atoms with van der Waals surface area (Å²) < 4.78 is 0. The zero-order valence-corrected chi connectivity index (χ0v) is 13.6. The highest BCUT2D eigenvalue weighted by Gasteiger charge is 2.25. The molecule has 0 atom stereocenters. The Balaban J connectivity index is 1.58. The van der Waals surface area contributed by atoms with E-state index in [4.69, 9.17) is 0 Å². The lowest BCUT2D eigenvalue weighted by Crippen LogP contribution is -2.38. The summed E-state index contributed by atoms with van der Waals surface area (Å²) in [5, 5.41) is 3.08. The molecule has 0 radical (unpaired) electrons. The average Bonchev–Trinajstić information content (AvgIpc) is 2.58. The van der Waals surface area contributed by atoms with Crippen LogP contribution in [-0.2, 0) is 4.79 Å². The van der Waals surface area contributed by atoms with Gasteiger partial charge in [-0.05, 0) is 38.3 Å². The fourth-order valence-electron chi connectivity index (χ4n) is 3.01. The van der Waals surface area contributed by atoms with Crippen molar-refractivity contribution in [1.82, 2.24) is 9.97 Å². The fourth-order valence-corrected chi connectivity index (χ4v) is 3.01. The van der Waals surface area contributed by atoms with Crippen LogP contribution < -0.4 is 10.2 Å². The molecular formula is C18H22N4O. The van der Waals surface area contributed by atoms with Crippen LogP contribution in [0.1, 0.15) is 24.0 Å². The van der Waals surface area contributed by atoms with E-state index in [0.717, 1.165) is 43.0 Å². The van der Waals surface area contributed by atoms with E-state index in [9.17, 15) is 4.79 Å². The molecule has 120 valence electrons. The zero-order valence-electron chi connectivity index (χ0n) is 13.6. The Labute approximate surface area is 136 Å². The maximum Gasteiger partial charge on any atom is 0.227 e. The van der Waals surface area contributed by atoms with Crippen molar-refractivity contribution in [3.05, 3.63) is 47.9 Å². The summed E-state index contributed by atoms with van der Waals surface area (Å²) in [7, 11) is 0. The van der Waals surface area contributed by atoms with Crippen molar-refractivity contribution in [2.45, 2.75) is 26.7 Å². The first-order chi connectivity index (χ1) is 11.1. The number of carbonyl (C=O) groups excluding carboxylic acids is 1. The highest BCUT2D eigenvalue weighted by atomic mass is 16.1. The van der Waals surface area contributed by atoms with Crippen LogP contribution >= 0.6 is 0 Å². The number of piperidine rings is 1. The topological polar surface area (TPSA) is 58.1 Å². The van der Waals surface area contributed by atoms with Crippen molar-refractivity contribution in [2.24, 2.45) is 5.92 Å². The van der Waals surface area contributed by atoms with Gasteiger partial charge in [-0.25, -0.2) is 4.98 Å². The number of amides is 1. The van der Waals surface area contributed by atoms with Crippen molar-refractivity contribution in [1.29, 1.82) is 0 Å². The van der Waals surface area contributed by atoms with Crippen LogP contribution in [0.15, 0.2) is 36.8 Å². The van der Waals surface area contributed by atoms with Gasteiger partial charge in [-0.3, -0.25) is 9.78 Å². The minimum absolute atomic E-state index is 0.0589. The van der Waals surface area contributed by atoms with E-state index in [1.165, 1.54) is 5.56 Å². The largest absolute Gasteiger partial charge is 0.355 e. The summed E-state index contributed by atoms with van der Waals surface area (Å²) in [5.41, 5.74) is 3.23. The van der Waals surface area contributed by atoms with Crippen LogP contribution in [-0.4, -0.2) is 29.0 Å². The molecule has 0 aliphatic carbocycles. The van der Waals surface area contributed by atoms with Crippen LogP contribution in [0.4, 0.5) is 11.5 Å². The average molecular weight is 310 g/mol. The van der Waals surface area contributed by atoms with Gasteiger partial charge in [0, 0.05) is 37.1 Å². The SMILES string of the molecule is Cc1ccc(NC(=O)C2CCN(c3cnccn3)CC2)c(C)c1. The molecule has 1 aliphatic heterocycles. The zero-order chi connectivity index (χ0) is 16.2. The van der Waals surface area contributed by atoms with Crippen molar-refractivity contribution >= 4 is 17.4 Å². The van der Waals surface area contributed by atoms with Gasteiger partial charge in [0.2, 0.25) is 5.91 Å². The fraction of sp³-hybridized carbons (Fsp3) is 0.389. The number of aromatic nitrogens is 2. The Hall–Kier alpha value is -2.43. The molecule has 1 amide bonds. The van der Waals surface area contributed by atoms with Gasteiger partial charge in [-0.2, -0.15) is 0 Å². The number of hydrogen-bond acceptors (Lipinski definition) is 4. The number of anilines is 2. The van der Waals surface area contributed by atoms with Gasteiger partial charge in [0.15, 0.2) is 0 Å². The predicted octanol–water partition coefficient (Wildman–Crippen LogP) is 2.95. The maximum absolute atomic E-state index is 12.5. The van der Waals surface area contributed by atoms with E-state index in [1.54, 1.807) is 18.6 Å². The Kier molecular flexibility index (Phi) is 4.55. The van der Waals surface area contributed by atoms with Gasteiger partial charge >= 0.3 is 0 Å². The Morgan fingerprint density at radius 1 is 1.22 bits per heavy atom. The second kappa shape index (κ2) is 6.77. The van der Waals surface area contributed by atoms with Crippen LogP contribution in [0, 0.1) is 19.8 Å². The molecule has 1 saturated heterocycles. The van der Waals surface area contributed by atoms with Crippen molar-refractivity contribution < 1.29 is 4.79 Å². The molecule has 1 aliphatic rings. The molecule has 1 fully saturated rings. The minimum Gasteiger partial charge on any atom is -0.355 e. The minimum atomic E-state index is 0.0589. The number of rotatable bonds is 3. The molecule has 23 heavy (non-hydrogen) atoms. The summed E-state index contributed by atoms with van der Waals surface area (Å²) in [4.78, 5) is 23.1. The third kappa shape index (κ3) is 3.67. The Morgan fingerprint density at radius 3 is 2.65 bits per heavy atom. The molecule has 2 heterocycles. The molecule has 5 nitrogen and oxygen atoms in total. The van der Waals surface area contributed by atoms with Gasteiger partial charge in [-0.15, -0.1) is 0 Å². The highest BCUT2D eigenvalue weighted by molar-refractivity contribution is 5.93. The monoisotopic (exact) mass is 310 g/mol. The van der Waals surface area contributed by atoms with Gasteiger partial charge in [0.05, 0.1) is 6.20 Å². The van der Waals surface area contributed by atoms with Gasteiger partial charge < -0.3 is 10.2 Å². The number of nitrogens with one attached hydrogen (secondary N) is 1. The maximum atomic E-state index is 12.5. The number of aryl methyl sites for hydroxylation is 2. The van der Waals surface area contributed by atoms with Gasteiger partial charge in [0.1, 0.15) is 5.82 Å². The van der Waals surface area contributed by atoms with E-state index >= 15 is 0 Å². The number of nitrogens with zero attached hydrogens (tertiary/aromatic N) is 3. The van der Waals surface area contributed by atoms with E-state index < -0.39 is 0 Å². The molecule has 1 aromatic heterocycles. The lowest BCUT2D eigenvalue weighted by Gasteiger charge is -2.31. The normalized spacial score (nSPS) is 15.5. The van der Waals surface area contributed by atoms with Crippen LogP contribution in [0.3, 0.4) is 0 Å². The third-order valence-corrected chi connectivity index (χ3v) is 4.38. The molecule has 1 aromatic carbocycles. The Morgan fingerprint density at radius 2 is 2.00 bits per heavy atom. The second-order valence-electron chi connectivity index (χ2n) is 6.13. The molecule has 2 aromatic rings. The van der Waals surface area contributed by atoms with Crippen molar-refractivity contribution in [3.8, 4) is 0 Å². The van der Waals surface area contributed by atoms with Gasteiger partial charge in [-0.1, -0.05) is 17.7 Å².